The molecule has 0 atom stereocenters. The summed E-state index contributed by atoms with van der Waals surface area (Å²) in [6, 6.07) is 14.0. The van der Waals surface area contributed by atoms with Crippen molar-refractivity contribution in [2.45, 2.75) is 12.8 Å². The fourth-order valence-corrected chi connectivity index (χ4v) is 3.39. The Morgan fingerprint density at radius 1 is 1.00 bits per heavy atom. The number of nitrogens with one attached hydrogen (secondary N) is 1. The highest BCUT2D eigenvalue weighted by molar-refractivity contribution is 6.30. The molecule has 0 saturated carbocycles. The average Bonchev–Trinajstić information content (AvgIpc) is 2.68. The monoisotopic (exact) mass is 389 g/mol. The molecule has 27 heavy (non-hydrogen) atoms. The van der Waals surface area contributed by atoms with Crippen molar-refractivity contribution in [1.82, 2.24) is 10.2 Å². The van der Waals surface area contributed by atoms with Crippen LogP contribution >= 0.6 is 11.6 Å². The van der Waals surface area contributed by atoms with Crippen LogP contribution in [0.1, 0.15) is 12.0 Å². The van der Waals surface area contributed by atoms with Gasteiger partial charge in [-0.25, -0.2) is 4.39 Å². The predicted molar refractivity (Wildman–Crippen MR) is 108 cm³/mol. The van der Waals surface area contributed by atoms with E-state index in [4.69, 9.17) is 11.6 Å². The summed E-state index contributed by atoms with van der Waals surface area (Å²) in [7, 11) is 0. The quantitative estimate of drug-likeness (QED) is 0.738. The van der Waals surface area contributed by atoms with Gasteiger partial charge in [0.15, 0.2) is 0 Å². The van der Waals surface area contributed by atoms with Crippen molar-refractivity contribution in [3.63, 3.8) is 0 Å². The van der Waals surface area contributed by atoms with Crippen molar-refractivity contribution < 1.29 is 9.18 Å². The molecule has 1 aliphatic rings. The van der Waals surface area contributed by atoms with Gasteiger partial charge in [-0.15, -0.1) is 0 Å². The van der Waals surface area contributed by atoms with Crippen LogP contribution in [-0.4, -0.2) is 50.1 Å². The summed E-state index contributed by atoms with van der Waals surface area (Å²) in [5.41, 5.74) is 2.04. The van der Waals surface area contributed by atoms with Crippen molar-refractivity contribution >= 4 is 23.2 Å². The molecule has 1 fully saturated rings. The minimum atomic E-state index is -0.282. The fraction of sp³-hybridized carbons (Fsp3) is 0.381. The second-order valence-corrected chi connectivity index (χ2v) is 7.25. The molecule has 1 aliphatic heterocycles. The average molecular weight is 390 g/mol. The molecule has 0 bridgehead atoms. The van der Waals surface area contributed by atoms with E-state index in [-0.39, 0.29) is 11.7 Å². The maximum Gasteiger partial charge on any atom is 0.224 e. The third-order valence-corrected chi connectivity index (χ3v) is 5.07. The number of benzene rings is 2. The maximum absolute atomic E-state index is 12.9. The lowest BCUT2D eigenvalue weighted by Crippen LogP contribution is -2.47. The van der Waals surface area contributed by atoms with Crippen molar-refractivity contribution in [2.75, 3.05) is 44.2 Å². The Balaban J connectivity index is 1.30. The maximum atomic E-state index is 12.9. The van der Waals surface area contributed by atoms with Crippen LogP contribution < -0.4 is 10.2 Å². The molecular formula is C21H25ClFN3O. The van der Waals surface area contributed by atoms with Gasteiger partial charge >= 0.3 is 0 Å². The first kappa shape index (κ1) is 19.6. The number of halogens is 2. The highest BCUT2D eigenvalue weighted by Crippen LogP contribution is 2.19. The molecule has 2 aromatic carbocycles. The Kier molecular flexibility index (Phi) is 7.07. The number of piperazine rings is 1. The number of hydrogen-bond donors (Lipinski definition) is 1. The topological polar surface area (TPSA) is 35.6 Å². The second-order valence-electron chi connectivity index (χ2n) is 6.81. The van der Waals surface area contributed by atoms with Gasteiger partial charge in [-0.2, -0.15) is 0 Å². The van der Waals surface area contributed by atoms with Gasteiger partial charge in [0.1, 0.15) is 5.82 Å². The number of carbonyl (C=O) groups is 1. The van der Waals surface area contributed by atoms with E-state index in [0.29, 0.717) is 13.0 Å². The summed E-state index contributed by atoms with van der Waals surface area (Å²) in [5.74, 6) is -0.301. The van der Waals surface area contributed by atoms with Crippen LogP contribution in [-0.2, 0) is 11.2 Å². The lowest BCUT2D eigenvalue weighted by molar-refractivity contribution is -0.120. The van der Waals surface area contributed by atoms with E-state index in [1.165, 1.54) is 17.8 Å². The molecule has 0 aromatic heterocycles. The second kappa shape index (κ2) is 9.72. The highest BCUT2D eigenvalue weighted by Gasteiger charge is 2.16. The Morgan fingerprint density at radius 2 is 1.67 bits per heavy atom. The van der Waals surface area contributed by atoms with Gasteiger partial charge in [0, 0.05) is 43.4 Å². The smallest absolute Gasteiger partial charge is 0.224 e. The SMILES string of the molecule is O=C(Cc1ccc(F)cc1)NCCCN1CCN(c2ccc(Cl)cc2)CC1. The van der Waals surface area contributed by atoms with Crippen molar-refractivity contribution in [3.8, 4) is 0 Å². The van der Waals surface area contributed by atoms with Gasteiger partial charge in [0.05, 0.1) is 6.42 Å². The molecule has 3 rings (SSSR count). The van der Waals surface area contributed by atoms with Crippen molar-refractivity contribution in [3.05, 3.63) is 64.9 Å². The molecule has 2 aromatic rings. The summed E-state index contributed by atoms with van der Waals surface area (Å²) in [6.45, 7) is 5.68. The van der Waals surface area contributed by atoms with Gasteiger partial charge in [0.2, 0.25) is 5.91 Å². The molecule has 1 amide bonds. The highest BCUT2D eigenvalue weighted by atomic mass is 35.5. The summed E-state index contributed by atoms with van der Waals surface area (Å²) in [6.07, 6.45) is 1.22. The Bertz CT molecular complexity index is 728. The van der Waals surface area contributed by atoms with Crippen LogP contribution in [0.15, 0.2) is 48.5 Å². The molecule has 6 heteroatoms. The molecule has 144 valence electrons. The minimum absolute atomic E-state index is 0.0193. The summed E-state index contributed by atoms with van der Waals surface area (Å²) in [4.78, 5) is 16.7. The van der Waals surface area contributed by atoms with Gasteiger partial charge in [-0.05, 0) is 54.9 Å². The molecule has 1 saturated heterocycles. The predicted octanol–water partition coefficient (Wildman–Crippen LogP) is 3.35. The van der Waals surface area contributed by atoms with Crippen LogP contribution in [0.4, 0.5) is 10.1 Å². The third-order valence-electron chi connectivity index (χ3n) is 4.82. The van der Waals surface area contributed by atoms with Gasteiger partial charge in [0.25, 0.3) is 0 Å². The molecule has 0 unspecified atom stereocenters. The normalized spacial score (nSPS) is 15.0. The van der Waals surface area contributed by atoms with E-state index < -0.39 is 0 Å². The Morgan fingerprint density at radius 3 is 2.33 bits per heavy atom. The van der Waals surface area contributed by atoms with E-state index >= 15 is 0 Å². The first-order valence-electron chi connectivity index (χ1n) is 9.34. The number of rotatable bonds is 7. The summed E-state index contributed by atoms with van der Waals surface area (Å²) in [5, 5.41) is 3.71. The van der Waals surface area contributed by atoms with E-state index in [9.17, 15) is 9.18 Å². The Hall–Kier alpha value is -2.11. The lowest BCUT2D eigenvalue weighted by atomic mass is 10.1. The molecular weight excluding hydrogens is 365 g/mol. The first-order chi connectivity index (χ1) is 13.1. The number of carbonyl (C=O) groups excluding carboxylic acids is 1. The zero-order chi connectivity index (χ0) is 19.1. The van der Waals surface area contributed by atoms with E-state index in [2.05, 4.69) is 27.2 Å². The first-order valence-corrected chi connectivity index (χ1v) is 9.72. The van der Waals surface area contributed by atoms with E-state index in [0.717, 1.165) is 49.7 Å². The molecule has 0 radical (unpaired) electrons. The fourth-order valence-electron chi connectivity index (χ4n) is 3.26. The largest absolute Gasteiger partial charge is 0.369 e. The van der Waals surface area contributed by atoms with E-state index in [1.54, 1.807) is 12.1 Å². The van der Waals surface area contributed by atoms with Crippen LogP contribution in [0.5, 0.6) is 0 Å². The van der Waals surface area contributed by atoms with E-state index in [1.807, 2.05) is 12.1 Å². The third kappa shape index (κ3) is 6.22. The van der Waals surface area contributed by atoms with Gasteiger partial charge < -0.3 is 10.2 Å². The zero-order valence-corrected chi connectivity index (χ0v) is 16.1. The number of hydrogen-bond acceptors (Lipinski definition) is 3. The summed E-state index contributed by atoms with van der Waals surface area (Å²) < 4.78 is 12.9. The number of anilines is 1. The molecule has 1 heterocycles. The number of nitrogens with zero attached hydrogens (tertiary/aromatic N) is 2. The molecule has 0 spiro atoms. The Labute approximate surface area is 164 Å². The van der Waals surface area contributed by atoms with Gasteiger partial charge in [-0.3, -0.25) is 9.69 Å². The molecule has 0 aliphatic carbocycles. The molecule has 1 N–H and O–H groups in total. The van der Waals surface area contributed by atoms with Crippen molar-refractivity contribution in [2.24, 2.45) is 0 Å². The standard InChI is InChI=1S/C21H25ClFN3O/c22-18-4-8-20(9-5-18)26-14-12-25(13-15-26)11-1-10-24-21(27)16-17-2-6-19(23)7-3-17/h2-9H,1,10-16H2,(H,24,27). The molecule has 4 nitrogen and oxygen atoms in total. The number of amides is 1. The zero-order valence-electron chi connectivity index (χ0n) is 15.3. The van der Waals surface area contributed by atoms with Crippen LogP contribution in [0.3, 0.4) is 0 Å². The van der Waals surface area contributed by atoms with Gasteiger partial charge in [-0.1, -0.05) is 23.7 Å². The van der Waals surface area contributed by atoms with Crippen LogP contribution in [0.25, 0.3) is 0 Å². The van der Waals surface area contributed by atoms with Crippen LogP contribution in [0, 0.1) is 5.82 Å². The van der Waals surface area contributed by atoms with Crippen LogP contribution in [0.2, 0.25) is 5.02 Å². The minimum Gasteiger partial charge on any atom is -0.369 e. The summed E-state index contributed by atoms with van der Waals surface area (Å²) >= 11 is 5.95. The lowest BCUT2D eigenvalue weighted by Gasteiger charge is -2.36. The van der Waals surface area contributed by atoms with Crippen molar-refractivity contribution in [1.29, 1.82) is 0 Å².